The molecule has 0 bridgehead atoms. The predicted octanol–water partition coefficient (Wildman–Crippen LogP) is 0.959. The Morgan fingerprint density at radius 1 is 1.05 bits per heavy atom. The minimum atomic E-state index is -0.607. The van der Waals surface area contributed by atoms with E-state index in [4.69, 9.17) is 9.68 Å². The summed E-state index contributed by atoms with van der Waals surface area (Å²) in [6, 6.07) is 1.26. The molecule has 2 atom stereocenters. The van der Waals surface area contributed by atoms with Crippen LogP contribution in [0.5, 0.6) is 0 Å². The van der Waals surface area contributed by atoms with E-state index in [2.05, 4.69) is 0 Å². The molecule has 0 amide bonds. The monoisotopic (exact) mass is 284 g/mol. The fraction of sp³-hybridized carbons (Fsp3) is 0.714. The molecule has 0 saturated carbocycles. The van der Waals surface area contributed by atoms with Crippen LogP contribution in [0.25, 0.3) is 0 Å². The third-order valence-corrected chi connectivity index (χ3v) is 3.30. The van der Waals surface area contributed by atoms with Crippen molar-refractivity contribution in [2.75, 3.05) is 13.2 Å². The van der Waals surface area contributed by atoms with Crippen LogP contribution in [-0.4, -0.2) is 22.7 Å². The lowest BCUT2D eigenvalue weighted by molar-refractivity contribution is 0.0251. The molecule has 0 N–H and O–H groups in total. The highest BCUT2D eigenvalue weighted by atomic mass is 16.7. The minimum absolute atomic E-state index is 0.274. The van der Waals surface area contributed by atoms with Gasteiger partial charge in [-0.25, -0.2) is 4.79 Å². The summed E-state index contributed by atoms with van der Waals surface area (Å²) in [4.78, 5) is 34.4. The highest BCUT2D eigenvalue weighted by Crippen LogP contribution is 1.98. The maximum atomic E-state index is 12.1. The quantitative estimate of drug-likeness (QED) is 0.713. The largest absolute Gasteiger partial charge is 0.409 e. The molecule has 1 rings (SSSR count). The summed E-state index contributed by atoms with van der Waals surface area (Å²) in [6.07, 6.45) is 3.20. The van der Waals surface area contributed by atoms with E-state index in [1.165, 1.54) is 12.3 Å². The van der Waals surface area contributed by atoms with Crippen molar-refractivity contribution >= 4 is 0 Å². The van der Waals surface area contributed by atoms with Crippen molar-refractivity contribution in [1.82, 2.24) is 9.46 Å². The first-order chi connectivity index (χ1) is 9.49. The van der Waals surface area contributed by atoms with Crippen LogP contribution in [0.4, 0.5) is 0 Å². The topological polar surface area (TPSA) is 62.5 Å². The molecule has 0 radical (unpaired) electrons. The fourth-order valence-electron chi connectivity index (χ4n) is 1.31. The first-order valence-electron chi connectivity index (χ1n) is 7.10. The molecule has 6 nitrogen and oxygen atoms in total. The third-order valence-electron chi connectivity index (χ3n) is 3.30. The molecule has 0 aliphatic rings. The van der Waals surface area contributed by atoms with Crippen LogP contribution in [0, 0.1) is 11.8 Å². The standard InChI is InChI=1S/C14H24N2O4/c1-5-11(3)9-19-15-8-7-13(17)16(14(15)18)20-10-12(4)6-2/h7-8,11-12H,5-6,9-10H2,1-4H3. The van der Waals surface area contributed by atoms with Gasteiger partial charge in [0.15, 0.2) is 0 Å². The van der Waals surface area contributed by atoms with Crippen LogP contribution < -0.4 is 20.9 Å². The second-order valence-electron chi connectivity index (χ2n) is 5.18. The summed E-state index contributed by atoms with van der Waals surface area (Å²) >= 11 is 0. The van der Waals surface area contributed by atoms with Crippen molar-refractivity contribution in [2.24, 2.45) is 11.8 Å². The van der Waals surface area contributed by atoms with Gasteiger partial charge in [0.2, 0.25) is 0 Å². The second-order valence-corrected chi connectivity index (χ2v) is 5.18. The van der Waals surface area contributed by atoms with Gasteiger partial charge in [-0.05, 0) is 11.8 Å². The van der Waals surface area contributed by atoms with Gasteiger partial charge < -0.3 is 9.68 Å². The van der Waals surface area contributed by atoms with Crippen molar-refractivity contribution in [3.63, 3.8) is 0 Å². The second kappa shape index (κ2) is 7.77. The van der Waals surface area contributed by atoms with E-state index >= 15 is 0 Å². The number of hydrogen-bond acceptors (Lipinski definition) is 4. The van der Waals surface area contributed by atoms with Gasteiger partial charge in [0.05, 0.1) is 6.20 Å². The van der Waals surface area contributed by atoms with Gasteiger partial charge in [0, 0.05) is 6.07 Å². The van der Waals surface area contributed by atoms with Crippen LogP contribution >= 0.6 is 0 Å². The molecule has 0 spiro atoms. The average molecular weight is 284 g/mol. The Bertz CT molecular complexity index is 521. The van der Waals surface area contributed by atoms with Gasteiger partial charge in [0.1, 0.15) is 13.2 Å². The first-order valence-corrected chi connectivity index (χ1v) is 7.10. The predicted molar refractivity (Wildman–Crippen MR) is 76.8 cm³/mol. The molecule has 0 aliphatic carbocycles. The van der Waals surface area contributed by atoms with E-state index in [1.54, 1.807) is 0 Å². The van der Waals surface area contributed by atoms with Gasteiger partial charge in [0.25, 0.3) is 5.56 Å². The van der Waals surface area contributed by atoms with Gasteiger partial charge in [-0.2, -0.15) is 0 Å². The summed E-state index contributed by atoms with van der Waals surface area (Å²) in [7, 11) is 0. The molecule has 0 fully saturated rings. The number of rotatable bonds is 8. The Balaban J connectivity index is 2.84. The molecular formula is C14H24N2O4. The molecule has 1 aromatic rings. The summed E-state index contributed by atoms with van der Waals surface area (Å²) in [5, 5.41) is 0. The van der Waals surface area contributed by atoms with E-state index in [0.29, 0.717) is 19.1 Å². The molecule has 1 heterocycles. The minimum Gasteiger partial charge on any atom is -0.409 e. The van der Waals surface area contributed by atoms with Crippen molar-refractivity contribution < 1.29 is 9.68 Å². The van der Waals surface area contributed by atoms with Crippen LogP contribution in [0.2, 0.25) is 0 Å². The Kier molecular flexibility index (Phi) is 6.35. The Morgan fingerprint density at radius 3 is 2.15 bits per heavy atom. The van der Waals surface area contributed by atoms with Crippen molar-refractivity contribution in [1.29, 1.82) is 0 Å². The summed E-state index contributed by atoms with van der Waals surface area (Å²) < 4.78 is 1.80. The van der Waals surface area contributed by atoms with Gasteiger partial charge in [-0.3, -0.25) is 4.79 Å². The lowest BCUT2D eigenvalue weighted by Crippen LogP contribution is -2.46. The molecule has 0 saturated heterocycles. The van der Waals surface area contributed by atoms with Gasteiger partial charge in [-0.1, -0.05) is 45.3 Å². The lowest BCUT2D eigenvalue weighted by Gasteiger charge is -2.15. The molecular weight excluding hydrogens is 260 g/mol. The molecule has 0 aliphatic heterocycles. The average Bonchev–Trinajstić information content (AvgIpc) is 2.45. The van der Waals surface area contributed by atoms with E-state index in [1.807, 2.05) is 27.7 Å². The highest BCUT2D eigenvalue weighted by Gasteiger charge is 2.09. The zero-order chi connectivity index (χ0) is 15.1. The van der Waals surface area contributed by atoms with Crippen LogP contribution in [0.3, 0.4) is 0 Å². The maximum Gasteiger partial charge on any atom is 0.397 e. The van der Waals surface area contributed by atoms with Crippen molar-refractivity contribution in [3.8, 4) is 0 Å². The first kappa shape index (κ1) is 16.3. The molecule has 114 valence electrons. The number of aromatic nitrogens is 2. The molecule has 1 aromatic heterocycles. The zero-order valence-corrected chi connectivity index (χ0v) is 12.7. The van der Waals surface area contributed by atoms with Gasteiger partial charge >= 0.3 is 5.69 Å². The lowest BCUT2D eigenvalue weighted by atomic mass is 10.1. The summed E-state index contributed by atoms with van der Waals surface area (Å²) in [5.74, 6) is 0.610. The SMILES string of the molecule is CCC(C)COn1ccc(=O)n(OCC(C)CC)c1=O. The molecule has 6 heteroatoms. The molecule has 2 unspecified atom stereocenters. The normalized spacial score (nSPS) is 13.8. The van der Waals surface area contributed by atoms with Crippen LogP contribution in [0.15, 0.2) is 21.9 Å². The zero-order valence-electron chi connectivity index (χ0n) is 12.7. The molecule has 20 heavy (non-hydrogen) atoms. The van der Waals surface area contributed by atoms with Crippen molar-refractivity contribution in [3.05, 3.63) is 33.1 Å². The maximum absolute atomic E-state index is 12.1. The smallest absolute Gasteiger partial charge is 0.397 e. The van der Waals surface area contributed by atoms with Crippen LogP contribution in [-0.2, 0) is 0 Å². The highest BCUT2D eigenvalue weighted by molar-refractivity contribution is 4.82. The van der Waals surface area contributed by atoms with E-state index < -0.39 is 11.2 Å². The van der Waals surface area contributed by atoms with E-state index in [0.717, 1.165) is 22.3 Å². The van der Waals surface area contributed by atoms with E-state index in [-0.39, 0.29) is 5.92 Å². The number of nitrogens with zero attached hydrogens (tertiary/aromatic N) is 2. The van der Waals surface area contributed by atoms with Crippen molar-refractivity contribution in [2.45, 2.75) is 40.5 Å². The fourth-order valence-corrected chi connectivity index (χ4v) is 1.31. The Morgan fingerprint density at radius 2 is 1.60 bits per heavy atom. The number of hydrogen-bond donors (Lipinski definition) is 0. The summed E-state index contributed by atoms with van der Waals surface area (Å²) in [6.45, 7) is 8.83. The Hall–Kier alpha value is -1.72. The van der Waals surface area contributed by atoms with Crippen LogP contribution in [0.1, 0.15) is 40.5 Å². The Labute approximate surface area is 118 Å². The summed E-state index contributed by atoms with van der Waals surface area (Å²) in [5.41, 5.74) is -1.09. The van der Waals surface area contributed by atoms with Gasteiger partial charge in [-0.15, -0.1) is 4.73 Å². The third kappa shape index (κ3) is 4.43. The molecule has 0 aromatic carbocycles. The van der Waals surface area contributed by atoms with E-state index in [9.17, 15) is 9.59 Å².